The van der Waals surface area contributed by atoms with Crippen molar-refractivity contribution >= 4 is 0 Å². The second kappa shape index (κ2) is 5.26. The molecule has 20 heavy (non-hydrogen) atoms. The number of nitrogens with one attached hydrogen (secondary N) is 1. The number of aliphatic hydroxyl groups is 1. The first-order valence-electron chi connectivity index (χ1n) is 8.52. The summed E-state index contributed by atoms with van der Waals surface area (Å²) in [7, 11) is 0. The summed E-state index contributed by atoms with van der Waals surface area (Å²) < 4.78 is 5.95. The summed E-state index contributed by atoms with van der Waals surface area (Å²) in [6, 6.07) is 0.592. The Labute approximate surface area is 123 Å². The molecule has 116 valence electrons. The highest BCUT2D eigenvalue weighted by Crippen LogP contribution is 2.62. The molecule has 3 aliphatic rings. The summed E-state index contributed by atoms with van der Waals surface area (Å²) in [5, 5.41) is 14.3. The van der Waals surface area contributed by atoms with Crippen LogP contribution >= 0.6 is 0 Å². The van der Waals surface area contributed by atoms with Gasteiger partial charge in [0, 0.05) is 30.5 Å². The molecule has 3 rings (SSSR count). The summed E-state index contributed by atoms with van der Waals surface area (Å²) in [5.41, 5.74) is -0.144. The highest BCUT2D eigenvalue weighted by molar-refractivity contribution is 5.18. The summed E-state index contributed by atoms with van der Waals surface area (Å²) in [6.07, 6.45) is 7.71. The fraction of sp³-hybridized carbons (Fsp3) is 1.00. The van der Waals surface area contributed by atoms with E-state index in [2.05, 4.69) is 19.2 Å². The van der Waals surface area contributed by atoms with Crippen LogP contribution in [0.15, 0.2) is 0 Å². The second-order valence-electron chi connectivity index (χ2n) is 8.12. The first-order chi connectivity index (χ1) is 9.45. The Morgan fingerprint density at radius 1 is 1.40 bits per heavy atom. The molecule has 0 aromatic heterocycles. The van der Waals surface area contributed by atoms with E-state index in [1.807, 2.05) is 6.92 Å². The highest BCUT2D eigenvalue weighted by Gasteiger charge is 2.66. The van der Waals surface area contributed by atoms with Crippen molar-refractivity contribution in [1.82, 2.24) is 5.32 Å². The third-order valence-corrected chi connectivity index (χ3v) is 6.00. The lowest BCUT2D eigenvalue weighted by Crippen LogP contribution is -2.71. The standard InChI is InChI=1S/C17H31NO2/c1-12(2)5-9-16(3,19)11-18-14-13-6-10-20-15(13)17(14)7-4-8-17/h12-15,18-19H,4-11H2,1-3H3. The van der Waals surface area contributed by atoms with E-state index >= 15 is 0 Å². The van der Waals surface area contributed by atoms with Crippen LogP contribution in [0.2, 0.25) is 0 Å². The molecule has 1 aliphatic heterocycles. The Hall–Kier alpha value is -0.120. The number of ether oxygens (including phenoxy) is 1. The van der Waals surface area contributed by atoms with E-state index in [0.717, 1.165) is 26.0 Å². The van der Waals surface area contributed by atoms with Crippen LogP contribution < -0.4 is 5.32 Å². The van der Waals surface area contributed by atoms with Gasteiger partial charge in [-0.1, -0.05) is 20.3 Å². The number of fused-ring (bicyclic) bond motifs is 2. The van der Waals surface area contributed by atoms with E-state index in [4.69, 9.17) is 4.74 Å². The van der Waals surface area contributed by atoms with Crippen molar-refractivity contribution in [3.8, 4) is 0 Å². The molecule has 0 amide bonds. The zero-order valence-electron chi connectivity index (χ0n) is 13.3. The largest absolute Gasteiger partial charge is 0.389 e. The summed E-state index contributed by atoms with van der Waals surface area (Å²) >= 11 is 0. The molecule has 1 saturated heterocycles. The van der Waals surface area contributed by atoms with Gasteiger partial charge in [0.1, 0.15) is 0 Å². The zero-order valence-corrected chi connectivity index (χ0v) is 13.3. The van der Waals surface area contributed by atoms with Crippen molar-refractivity contribution < 1.29 is 9.84 Å². The van der Waals surface area contributed by atoms with Crippen molar-refractivity contribution in [2.24, 2.45) is 17.3 Å². The van der Waals surface area contributed by atoms with Crippen LogP contribution in [0.3, 0.4) is 0 Å². The maximum atomic E-state index is 10.5. The van der Waals surface area contributed by atoms with Crippen LogP contribution in [0, 0.1) is 17.3 Å². The van der Waals surface area contributed by atoms with E-state index in [1.54, 1.807) is 0 Å². The van der Waals surface area contributed by atoms with Crippen LogP contribution in [0.1, 0.15) is 59.3 Å². The minimum atomic E-state index is -0.570. The highest BCUT2D eigenvalue weighted by atomic mass is 16.5. The molecule has 3 nitrogen and oxygen atoms in total. The van der Waals surface area contributed by atoms with Crippen LogP contribution in [-0.2, 0) is 4.74 Å². The number of hydrogen-bond donors (Lipinski definition) is 2. The second-order valence-corrected chi connectivity index (χ2v) is 8.12. The fourth-order valence-corrected chi connectivity index (χ4v) is 4.58. The van der Waals surface area contributed by atoms with Gasteiger partial charge in [-0.3, -0.25) is 0 Å². The molecule has 0 radical (unpaired) electrons. The minimum absolute atomic E-state index is 0.426. The molecular weight excluding hydrogens is 250 g/mol. The minimum Gasteiger partial charge on any atom is -0.389 e. The third kappa shape index (κ3) is 2.42. The molecule has 0 bridgehead atoms. The zero-order chi connectivity index (χ0) is 14.4. The molecule has 0 aromatic carbocycles. The molecule has 4 unspecified atom stereocenters. The molecule has 4 atom stereocenters. The first kappa shape index (κ1) is 14.8. The van der Waals surface area contributed by atoms with Gasteiger partial charge in [0.25, 0.3) is 0 Å². The van der Waals surface area contributed by atoms with E-state index in [1.165, 1.54) is 25.7 Å². The van der Waals surface area contributed by atoms with Crippen molar-refractivity contribution in [3.63, 3.8) is 0 Å². The van der Waals surface area contributed by atoms with Crippen LogP contribution in [0.25, 0.3) is 0 Å². The van der Waals surface area contributed by atoms with E-state index in [9.17, 15) is 5.11 Å². The van der Waals surface area contributed by atoms with Crippen LogP contribution in [0.5, 0.6) is 0 Å². The molecule has 2 aliphatic carbocycles. The Morgan fingerprint density at radius 2 is 2.15 bits per heavy atom. The van der Waals surface area contributed by atoms with Gasteiger partial charge in [0.2, 0.25) is 0 Å². The smallest absolute Gasteiger partial charge is 0.0743 e. The Bertz CT molecular complexity index is 349. The van der Waals surface area contributed by atoms with E-state index in [-0.39, 0.29) is 0 Å². The Balaban J connectivity index is 1.53. The van der Waals surface area contributed by atoms with Gasteiger partial charge in [0.05, 0.1) is 11.7 Å². The lowest BCUT2D eigenvalue weighted by atomic mass is 9.46. The number of hydrogen-bond acceptors (Lipinski definition) is 3. The summed E-state index contributed by atoms with van der Waals surface area (Å²) in [6.45, 7) is 8.10. The monoisotopic (exact) mass is 281 g/mol. The van der Waals surface area contributed by atoms with Gasteiger partial charge >= 0.3 is 0 Å². The van der Waals surface area contributed by atoms with Crippen molar-refractivity contribution in [2.45, 2.75) is 77.0 Å². The molecule has 0 aromatic rings. The van der Waals surface area contributed by atoms with Gasteiger partial charge in [-0.15, -0.1) is 0 Å². The topological polar surface area (TPSA) is 41.5 Å². The maximum Gasteiger partial charge on any atom is 0.0743 e. The van der Waals surface area contributed by atoms with E-state index < -0.39 is 5.60 Å². The lowest BCUT2D eigenvalue weighted by molar-refractivity contribution is -0.178. The lowest BCUT2D eigenvalue weighted by Gasteiger charge is -2.63. The Kier molecular flexibility index (Phi) is 3.89. The number of rotatable bonds is 6. The predicted molar refractivity (Wildman–Crippen MR) is 80.6 cm³/mol. The fourth-order valence-electron chi connectivity index (χ4n) is 4.58. The molecule has 2 N–H and O–H groups in total. The Morgan fingerprint density at radius 3 is 2.75 bits per heavy atom. The van der Waals surface area contributed by atoms with Gasteiger partial charge in [-0.2, -0.15) is 0 Å². The predicted octanol–water partition coefficient (Wildman–Crippen LogP) is 2.72. The first-order valence-corrected chi connectivity index (χ1v) is 8.52. The van der Waals surface area contributed by atoms with Crippen LogP contribution in [-0.4, -0.2) is 36.0 Å². The molecular formula is C17H31NO2. The molecule has 2 saturated carbocycles. The molecule has 3 fully saturated rings. The van der Waals surface area contributed by atoms with Crippen LogP contribution in [0.4, 0.5) is 0 Å². The van der Waals surface area contributed by atoms with Gasteiger partial charge in [-0.05, 0) is 44.9 Å². The van der Waals surface area contributed by atoms with Crippen molar-refractivity contribution in [1.29, 1.82) is 0 Å². The SMILES string of the molecule is CC(C)CCC(C)(O)CNC1C2CCOC2C12CCC2. The summed E-state index contributed by atoms with van der Waals surface area (Å²) in [4.78, 5) is 0. The van der Waals surface area contributed by atoms with E-state index in [0.29, 0.717) is 29.4 Å². The average Bonchev–Trinajstić information content (AvgIpc) is 2.70. The molecule has 1 spiro atoms. The van der Waals surface area contributed by atoms with Gasteiger partial charge in [-0.25, -0.2) is 0 Å². The van der Waals surface area contributed by atoms with Gasteiger partial charge < -0.3 is 15.2 Å². The molecule has 3 heteroatoms. The van der Waals surface area contributed by atoms with Crippen molar-refractivity contribution in [3.05, 3.63) is 0 Å². The van der Waals surface area contributed by atoms with Gasteiger partial charge in [0.15, 0.2) is 0 Å². The quantitative estimate of drug-likeness (QED) is 0.786. The average molecular weight is 281 g/mol. The maximum absolute atomic E-state index is 10.5. The normalized spacial score (nSPS) is 37.4. The third-order valence-electron chi connectivity index (χ3n) is 6.00. The van der Waals surface area contributed by atoms with Crippen molar-refractivity contribution in [2.75, 3.05) is 13.2 Å². The summed E-state index contributed by atoms with van der Waals surface area (Å²) in [5.74, 6) is 1.37. The molecule has 1 heterocycles.